The lowest BCUT2D eigenvalue weighted by Crippen LogP contribution is -2.67. The number of carbonyl (C=O) groups is 3. The molecule has 0 bridgehead atoms. The lowest BCUT2D eigenvalue weighted by molar-refractivity contribution is -0.197. The SMILES string of the molecule is COC(=O)C1=C(C)N(C2CCCC2)C(=O)[C@]1(NC(=O)C1CCCCC1)C(F)(F)F. The van der Waals surface area contributed by atoms with Gasteiger partial charge in [0.1, 0.15) is 5.57 Å². The maximum atomic E-state index is 14.5. The van der Waals surface area contributed by atoms with Crippen LogP contribution in [0, 0.1) is 5.92 Å². The number of hydrogen-bond acceptors (Lipinski definition) is 4. The van der Waals surface area contributed by atoms with Gasteiger partial charge in [0, 0.05) is 17.7 Å². The van der Waals surface area contributed by atoms with E-state index in [1.807, 2.05) is 5.32 Å². The van der Waals surface area contributed by atoms with E-state index in [0.29, 0.717) is 25.7 Å². The summed E-state index contributed by atoms with van der Waals surface area (Å²) in [5.41, 5.74) is -4.31. The first kappa shape index (κ1) is 21.6. The van der Waals surface area contributed by atoms with Gasteiger partial charge in [-0.1, -0.05) is 32.1 Å². The highest BCUT2D eigenvalue weighted by Gasteiger charge is 2.71. The lowest BCUT2D eigenvalue weighted by atomic mass is 9.85. The van der Waals surface area contributed by atoms with Crippen molar-refractivity contribution >= 4 is 17.8 Å². The molecular formula is C20H27F3N2O4. The minimum Gasteiger partial charge on any atom is -0.466 e. The molecule has 1 atom stereocenters. The molecular weight excluding hydrogens is 389 g/mol. The summed E-state index contributed by atoms with van der Waals surface area (Å²) >= 11 is 0. The molecule has 6 nitrogen and oxygen atoms in total. The van der Waals surface area contributed by atoms with Gasteiger partial charge in [0.2, 0.25) is 11.4 Å². The van der Waals surface area contributed by atoms with Crippen molar-refractivity contribution in [1.29, 1.82) is 0 Å². The van der Waals surface area contributed by atoms with Gasteiger partial charge in [-0.3, -0.25) is 9.59 Å². The second-order valence-corrected chi connectivity index (χ2v) is 8.14. The number of methoxy groups -OCH3 is 1. The maximum Gasteiger partial charge on any atom is 0.425 e. The van der Waals surface area contributed by atoms with Crippen LogP contribution in [-0.4, -0.2) is 47.6 Å². The van der Waals surface area contributed by atoms with Crippen LogP contribution < -0.4 is 5.32 Å². The monoisotopic (exact) mass is 416 g/mol. The van der Waals surface area contributed by atoms with Crippen LogP contribution in [0.3, 0.4) is 0 Å². The molecule has 29 heavy (non-hydrogen) atoms. The summed E-state index contributed by atoms with van der Waals surface area (Å²) in [6, 6.07) is -0.419. The molecule has 9 heteroatoms. The van der Waals surface area contributed by atoms with Gasteiger partial charge >= 0.3 is 12.1 Å². The average Bonchev–Trinajstić information content (AvgIpc) is 3.27. The summed E-state index contributed by atoms with van der Waals surface area (Å²) < 4.78 is 48.0. The third-order valence-corrected chi connectivity index (χ3v) is 6.43. The number of hydrogen-bond donors (Lipinski definition) is 1. The van der Waals surface area contributed by atoms with Crippen molar-refractivity contribution in [2.24, 2.45) is 5.92 Å². The van der Waals surface area contributed by atoms with Crippen LogP contribution >= 0.6 is 0 Å². The summed E-state index contributed by atoms with van der Waals surface area (Å²) in [6.45, 7) is 1.32. The molecule has 0 aromatic carbocycles. The predicted octanol–water partition coefficient (Wildman–Crippen LogP) is 3.22. The van der Waals surface area contributed by atoms with E-state index in [-0.39, 0.29) is 5.70 Å². The molecule has 2 amide bonds. The summed E-state index contributed by atoms with van der Waals surface area (Å²) in [4.78, 5) is 39.6. The lowest BCUT2D eigenvalue weighted by Gasteiger charge is -2.35. The largest absolute Gasteiger partial charge is 0.466 e. The second kappa shape index (κ2) is 7.99. The Balaban J connectivity index is 2.07. The van der Waals surface area contributed by atoms with Gasteiger partial charge in [-0.25, -0.2) is 4.79 Å². The van der Waals surface area contributed by atoms with Crippen LogP contribution in [-0.2, 0) is 19.1 Å². The summed E-state index contributed by atoms with van der Waals surface area (Å²) in [5.74, 6) is -4.00. The number of halogens is 3. The molecule has 1 N–H and O–H groups in total. The third-order valence-electron chi connectivity index (χ3n) is 6.43. The van der Waals surface area contributed by atoms with Crippen LogP contribution in [0.5, 0.6) is 0 Å². The number of esters is 1. The van der Waals surface area contributed by atoms with E-state index < -0.39 is 47.0 Å². The zero-order chi connectivity index (χ0) is 21.4. The number of nitrogens with one attached hydrogen (secondary N) is 1. The fourth-order valence-electron chi connectivity index (χ4n) is 4.94. The van der Waals surface area contributed by atoms with Gasteiger partial charge in [-0.15, -0.1) is 0 Å². The normalized spacial score (nSPS) is 26.9. The Hall–Kier alpha value is -2.06. The highest BCUT2D eigenvalue weighted by atomic mass is 19.4. The molecule has 3 rings (SSSR count). The van der Waals surface area contributed by atoms with Gasteiger partial charge in [0.15, 0.2) is 0 Å². The standard InChI is InChI=1S/C20H27F3N2O4/c1-12-15(17(27)29-2)19(20(21,22)23,18(28)25(12)14-10-6-7-11-14)24-16(26)13-8-4-3-5-9-13/h13-14H,3-11H2,1-2H3,(H,24,26)/t19-/m0/s1. The van der Waals surface area contributed by atoms with Gasteiger partial charge in [0.25, 0.3) is 5.91 Å². The first-order valence-electron chi connectivity index (χ1n) is 10.2. The fourth-order valence-corrected chi connectivity index (χ4v) is 4.94. The van der Waals surface area contributed by atoms with Crippen molar-refractivity contribution in [3.05, 3.63) is 11.3 Å². The molecule has 0 spiro atoms. The van der Waals surface area contributed by atoms with E-state index >= 15 is 0 Å². The molecule has 0 aromatic rings. The Morgan fingerprint density at radius 2 is 1.62 bits per heavy atom. The quantitative estimate of drug-likeness (QED) is 0.714. The highest BCUT2D eigenvalue weighted by molar-refractivity contribution is 6.10. The first-order valence-corrected chi connectivity index (χ1v) is 10.2. The molecule has 3 aliphatic rings. The van der Waals surface area contributed by atoms with Crippen molar-refractivity contribution < 1.29 is 32.3 Å². The molecule has 2 aliphatic carbocycles. The summed E-state index contributed by atoms with van der Waals surface area (Å²) in [5, 5.41) is 1.99. The molecule has 0 radical (unpaired) electrons. The number of rotatable bonds is 4. The minimum absolute atomic E-state index is 0.0879. The molecule has 2 fully saturated rings. The predicted molar refractivity (Wildman–Crippen MR) is 97.3 cm³/mol. The number of allylic oxidation sites excluding steroid dienone is 1. The van der Waals surface area contributed by atoms with Crippen molar-refractivity contribution in [2.45, 2.75) is 82.5 Å². The molecule has 1 aliphatic heterocycles. The third kappa shape index (κ3) is 3.53. The van der Waals surface area contributed by atoms with E-state index in [1.54, 1.807) is 0 Å². The Morgan fingerprint density at radius 1 is 1.07 bits per heavy atom. The Morgan fingerprint density at radius 3 is 2.14 bits per heavy atom. The van der Waals surface area contributed by atoms with Crippen molar-refractivity contribution in [3.8, 4) is 0 Å². The first-order chi connectivity index (χ1) is 13.6. The van der Waals surface area contributed by atoms with Crippen molar-refractivity contribution in [1.82, 2.24) is 10.2 Å². The molecule has 2 saturated carbocycles. The Kier molecular flexibility index (Phi) is 5.96. The topological polar surface area (TPSA) is 75.7 Å². The van der Waals surface area contributed by atoms with E-state index in [0.717, 1.165) is 44.1 Å². The van der Waals surface area contributed by atoms with E-state index in [9.17, 15) is 27.6 Å². The Bertz CT molecular complexity index is 722. The fraction of sp³-hybridized carbons (Fsp3) is 0.750. The van der Waals surface area contributed by atoms with E-state index in [2.05, 4.69) is 4.74 Å². The maximum absolute atomic E-state index is 14.5. The van der Waals surface area contributed by atoms with Crippen molar-refractivity contribution in [2.75, 3.05) is 7.11 Å². The zero-order valence-electron chi connectivity index (χ0n) is 16.7. The van der Waals surface area contributed by atoms with Crippen molar-refractivity contribution in [3.63, 3.8) is 0 Å². The van der Waals surface area contributed by atoms with Gasteiger partial charge < -0.3 is 15.0 Å². The molecule has 0 unspecified atom stereocenters. The average molecular weight is 416 g/mol. The Labute approximate surface area is 167 Å². The number of ether oxygens (including phenoxy) is 1. The number of nitrogens with zero attached hydrogens (tertiary/aromatic N) is 1. The molecule has 0 saturated heterocycles. The second-order valence-electron chi connectivity index (χ2n) is 8.14. The smallest absolute Gasteiger partial charge is 0.425 e. The van der Waals surface area contributed by atoms with Crippen LogP contribution in [0.15, 0.2) is 11.3 Å². The summed E-state index contributed by atoms with van der Waals surface area (Å²) in [6.07, 6.45) is 0.875. The van der Waals surface area contributed by atoms with Crippen LogP contribution in [0.2, 0.25) is 0 Å². The molecule has 1 heterocycles. The van der Waals surface area contributed by atoms with E-state index in [1.165, 1.54) is 6.92 Å². The number of amides is 2. The van der Waals surface area contributed by atoms with Crippen LogP contribution in [0.1, 0.15) is 64.7 Å². The van der Waals surface area contributed by atoms with Gasteiger partial charge in [-0.05, 0) is 32.6 Å². The summed E-state index contributed by atoms with van der Waals surface area (Å²) in [7, 11) is 0.968. The minimum atomic E-state index is -5.19. The van der Waals surface area contributed by atoms with Gasteiger partial charge in [0.05, 0.1) is 7.11 Å². The van der Waals surface area contributed by atoms with Crippen LogP contribution in [0.25, 0.3) is 0 Å². The van der Waals surface area contributed by atoms with Crippen LogP contribution in [0.4, 0.5) is 13.2 Å². The highest BCUT2D eigenvalue weighted by Crippen LogP contribution is 2.47. The molecule has 162 valence electrons. The number of carbonyl (C=O) groups excluding carboxylic acids is 3. The molecule has 0 aromatic heterocycles. The number of alkyl halides is 3. The van der Waals surface area contributed by atoms with E-state index in [4.69, 9.17) is 0 Å². The zero-order valence-corrected chi connectivity index (χ0v) is 16.7. The van der Waals surface area contributed by atoms with Gasteiger partial charge in [-0.2, -0.15) is 13.2 Å².